The first kappa shape index (κ1) is 17.0. The Morgan fingerprint density at radius 3 is 2.09 bits per heavy atom. The lowest BCUT2D eigenvalue weighted by Crippen LogP contribution is -2.15. The Balaban J connectivity index is 2.32. The minimum absolute atomic E-state index is 0.0108. The summed E-state index contributed by atoms with van der Waals surface area (Å²) in [6.45, 7) is 8.27. The monoisotopic (exact) mass is 381 g/mol. The molecule has 2 aromatic rings. The van der Waals surface area contributed by atoms with Gasteiger partial charge in [0, 0.05) is 4.47 Å². The van der Waals surface area contributed by atoms with Crippen LogP contribution in [0.3, 0.4) is 0 Å². The van der Waals surface area contributed by atoms with Crippen LogP contribution in [0.5, 0.6) is 0 Å². The average Bonchev–Trinajstić information content (AvgIpc) is 2.40. The summed E-state index contributed by atoms with van der Waals surface area (Å²) in [5.74, 6) is 0. The van der Waals surface area contributed by atoms with E-state index in [2.05, 4.69) is 41.4 Å². The van der Waals surface area contributed by atoms with Gasteiger partial charge in [-0.1, -0.05) is 44.5 Å². The Kier molecular flexibility index (Phi) is 4.68. The van der Waals surface area contributed by atoms with Crippen LogP contribution in [0.4, 0.5) is 5.69 Å². The van der Waals surface area contributed by atoms with E-state index in [1.807, 2.05) is 19.1 Å². The highest BCUT2D eigenvalue weighted by molar-refractivity contribution is 9.10. The van der Waals surface area contributed by atoms with Gasteiger partial charge < -0.3 is 0 Å². The van der Waals surface area contributed by atoms with Crippen molar-refractivity contribution >= 4 is 31.6 Å². The van der Waals surface area contributed by atoms with E-state index in [1.54, 1.807) is 30.3 Å². The molecule has 1 N–H and O–H groups in total. The van der Waals surface area contributed by atoms with Crippen LogP contribution < -0.4 is 4.72 Å². The lowest BCUT2D eigenvalue weighted by Gasteiger charge is -2.20. The number of rotatable bonds is 3. The molecule has 0 aliphatic carbocycles. The quantitative estimate of drug-likeness (QED) is 0.825. The molecule has 118 valence electrons. The van der Waals surface area contributed by atoms with E-state index in [0.29, 0.717) is 5.69 Å². The van der Waals surface area contributed by atoms with E-state index in [-0.39, 0.29) is 10.3 Å². The second kappa shape index (κ2) is 6.05. The standard InChI is InChI=1S/C17H20BrNO2S/c1-12-5-8-14(9-6-12)22(20,21)19-16-10-7-13(11-15(16)18)17(2,3)4/h5-11,19H,1-4H3. The van der Waals surface area contributed by atoms with Crippen molar-refractivity contribution in [3.05, 3.63) is 58.1 Å². The molecule has 22 heavy (non-hydrogen) atoms. The SMILES string of the molecule is Cc1ccc(S(=O)(=O)Nc2ccc(C(C)(C)C)cc2Br)cc1. The van der Waals surface area contributed by atoms with Crippen molar-refractivity contribution in [2.75, 3.05) is 4.72 Å². The topological polar surface area (TPSA) is 46.2 Å². The van der Waals surface area contributed by atoms with Crippen LogP contribution in [0, 0.1) is 6.92 Å². The van der Waals surface area contributed by atoms with E-state index in [1.165, 1.54) is 0 Å². The van der Waals surface area contributed by atoms with Crippen molar-refractivity contribution in [2.24, 2.45) is 0 Å². The molecule has 0 radical (unpaired) electrons. The van der Waals surface area contributed by atoms with Gasteiger partial charge in [-0.05, 0) is 58.1 Å². The number of benzene rings is 2. The summed E-state index contributed by atoms with van der Waals surface area (Å²) in [4.78, 5) is 0.255. The number of aryl methyl sites for hydroxylation is 1. The molecule has 0 amide bonds. The Bertz CT molecular complexity index is 775. The molecule has 2 rings (SSSR count). The summed E-state index contributed by atoms with van der Waals surface area (Å²) in [5, 5.41) is 0. The summed E-state index contributed by atoms with van der Waals surface area (Å²) in [5.41, 5.74) is 2.71. The smallest absolute Gasteiger partial charge is 0.261 e. The largest absolute Gasteiger partial charge is 0.278 e. The van der Waals surface area contributed by atoms with E-state index < -0.39 is 10.0 Å². The number of sulfonamides is 1. The van der Waals surface area contributed by atoms with Crippen LogP contribution in [0.25, 0.3) is 0 Å². The molecule has 5 heteroatoms. The van der Waals surface area contributed by atoms with Gasteiger partial charge in [0.1, 0.15) is 0 Å². The maximum absolute atomic E-state index is 12.4. The number of hydrogen-bond donors (Lipinski definition) is 1. The molecule has 0 heterocycles. The van der Waals surface area contributed by atoms with Gasteiger partial charge >= 0.3 is 0 Å². The molecule has 0 aromatic heterocycles. The zero-order valence-corrected chi connectivity index (χ0v) is 15.5. The lowest BCUT2D eigenvalue weighted by molar-refractivity contribution is 0.590. The van der Waals surface area contributed by atoms with Gasteiger partial charge in [0.2, 0.25) is 0 Å². The van der Waals surface area contributed by atoms with Gasteiger partial charge in [-0.2, -0.15) is 0 Å². The first-order valence-corrected chi connectivity index (χ1v) is 9.27. The minimum atomic E-state index is -3.58. The van der Waals surface area contributed by atoms with Crippen molar-refractivity contribution < 1.29 is 8.42 Å². The van der Waals surface area contributed by atoms with E-state index in [0.717, 1.165) is 15.6 Å². The number of nitrogens with one attached hydrogen (secondary N) is 1. The first-order chi connectivity index (χ1) is 10.1. The van der Waals surface area contributed by atoms with Crippen LogP contribution >= 0.6 is 15.9 Å². The number of anilines is 1. The summed E-state index contributed by atoms with van der Waals surface area (Å²) in [7, 11) is -3.58. The first-order valence-electron chi connectivity index (χ1n) is 6.99. The molecule has 0 aliphatic rings. The van der Waals surface area contributed by atoms with Crippen LogP contribution in [0.15, 0.2) is 51.8 Å². The molecular formula is C17H20BrNO2S. The molecule has 2 aromatic carbocycles. The molecule has 0 bridgehead atoms. The molecule has 0 saturated carbocycles. The van der Waals surface area contributed by atoms with Crippen molar-refractivity contribution in [3.8, 4) is 0 Å². The molecule has 0 saturated heterocycles. The molecule has 0 aliphatic heterocycles. The minimum Gasteiger partial charge on any atom is -0.278 e. The van der Waals surface area contributed by atoms with E-state index in [9.17, 15) is 8.42 Å². The van der Waals surface area contributed by atoms with Gasteiger partial charge in [0.05, 0.1) is 10.6 Å². The predicted octanol–water partition coefficient (Wildman–Crippen LogP) is 4.86. The van der Waals surface area contributed by atoms with Gasteiger partial charge in [0.15, 0.2) is 0 Å². The van der Waals surface area contributed by atoms with Gasteiger partial charge in [-0.25, -0.2) is 8.42 Å². The van der Waals surface area contributed by atoms with E-state index in [4.69, 9.17) is 0 Å². The molecule has 3 nitrogen and oxygen atoms in total. The maximum Gasteiger partial charge on any atom is 0.261 e. The van der Waals surface area contributed by atoms with Crippen LogP contribution in [0.2, 0.25) is 0 Å². The molecule has 0 atom stereocenters. The van der Waals surface area contributed by atoms with Crippen LogP contribution in [0.1, 0.15) is 31.9 Å². The van der Waals surface area contributed by atoms with Crippen molar-refractivity contribution in [2.45, 2.75) is 38.0 Å². The Morgan fingerprint density at radius 2 is 1.59 bits per heavy atom. The molecule has 0 unspecified atom stereocenters. The molecular weight excluding hydrogens is 362 g/mol. The summed E-state index contributed by atoms with van der Waals surface area (Å²) in [6.07, 6.45) is 0. The highest BCUT2D eigenvalue weighted by Crippen LogP contribution is 2.31. The summed E-state index contributed by atoms with van der Waals surface area (Å²) < 4.78 is 28.2. The van der Waals surface area contributed by atoms with Gasteiger partial charge in [-0.3, -0.25) is 4.72 Å². The van der Waals surface area contributed by atoms with Crippen LogP contribution in [-0.2, 0) is 15.4 Å². The Labute approximate surface area is 140 Å². The summed E-state index contributed by atoms with van der Waals surface area (Å²) in [6, 6.07) is 12.5. The second-order valence-corrected chi connectivity index (χ2v) is 8.90. The summed E-state index contributed by atoms with van der Waals surface area (Å²) >= 11 is 3.45. The third-order valence-electron chi connectivity index (χ3n) is 3.41. The maximum atomic E-state index is 12.4. The third kappa shape index (κ3) is 3.90. The second-order valence-electron chi connectivity index (χ2n) is 6.36. The highest BCUT2D eigenvalue weighted by Gasteiger charge is 2.18. The van der Waals surface area contributed by atoms with Gasteiger partial charge in [-0.15, -0.1) is 0 Å². The fourth-order valence-electron chi connectivity index (χ4n) is 1.99. The Morgan fingerprint density at radius 1 is 1.00 bits per heavy atom. The number of hydrogen-bond acceptors (Lipinski definition) is 2. The van der Waals surface area contributed by atoms with Gasteiger partial charge in [0.25, 0.3) is 10.0 Å². The zero-order valence-electron chi connectivity index (χ0n) is 13.1. The number of halogens is 1. The van der Waals surface area contributed by atoms with Crippen molar-refractivity contribution in [3.63, 3.8) is 0 Å². The highest BCUT2D eigenvalue weighted by atomic mass is 79.9. The van der Waals surface area contributed by atoms with Crippen molar-refractivity contribution in [1.29, 1.82) is 0 Å². The normalized spacial score (nSPS) is 12.2. The fourth-order valence-corrected chi connectivity index (χ4v) is 3.67. The van der Waals surface area contributed by atoms with Crippen molar-refractivity contribution in [1.82, 2.24) is 0 Å². The predicted molar refractivity (Wildman–Crippen MR) is 94.8 cm³/mol. The van der Waals surface area contributed by atoms with E-state index >= 15 is 0 Å². The lowest BCUT2D eigenvalue weighted by atomic mass is 9.87. The fraction of sp³-hybridized carbons (Fsp3) is 0.294. The third-order valence-corrected chi connectivity index (χ3v) is 5.45. The molecule has 0 fully saturated rings. The van der Waals surface area contributed by atoms with Crippen LogP contribution in [-0.4, -0.2) is 8.42 Å². The molecule has 0 spiro atoms. The Hall–Kier alpha value is -1.33. The zero-order chi connectivity index (χ0) is 16.5. The average molecular weight is 382 g/mol.